The van der Waals surface area contributed by atoms with Gasteiger partial charge in [-0.15, -0.1) is 15.3 Å². The van der Waals surface area contributed by atoms with Crippen LogP contribution in [0.3, 0.4) is 0 Å². The second kappa shape index (κ2) is 2.81. The highest BCUT2D eigenvalue weighted by Crippen LogP contribution is 2.13. The quantitative estimate of drug-likeness (QED) is 0.657. The van der Waals surface area contributed by atoms with Gasteiger partial charge >= 0.3 is 0 Å². The van der Waals surface area contributed by atoms with Crippen LogP contribution >= 0.6 is 11.6 Å². The molecule has 13 heavy (non-hydrogen) atoms. The molecule has 0 unspecified atom stereocenters. The number of anilines is 1. The number of hydrogen-bond donors (Lipinski definition) is 0. The summed E-state index contributed by atoms with van der Waals surface area (Å²) in [6, 6.07) is 0. The summed E-state index contributed by atoms with van der Waals surface area (Å²) in [4.78, 5) is 5.79. The van der Waals surface area contributed by atoms with Crippen molar-refractivity contribution in [1.29, 1.82) is 0 Å². The van der Waals surface area contributed by atoms with Gasteiger partial charge in [-0.3, -0.25) is 0 Å². The summed E-state index contributed by atoms with van der Waals surface area (Å²) in [7, 11) is 3.67. The fourth-order valence-corrected chi connectivity index (χ4v) is 1.08. The monoisotopic (exact) mass is 198 g/mol. The van der Waals surface area contributed by atoms with Gasteiger partial charge in [-0.05, 0) is 0 Å². The molecule has 0 aliphatic carbocycles. The molecule has 68 valence electrons. The standard InChI is InChI=1S/C6H7ClN6/c1-12(2)6-9-4(7)5-10-8-3-13(5)11-6/h3H,1-2H3. The van der Waals surface area contributed by atoms with Gasteiger partial charge in [0.2, 0.25) is 11.6 Å². The van der Waals surface area contributed by atoms with Crippen LogP contribution in [0.5, 0.6) is 0 Å². The minimum Gasteiger partial charge on any atom is -0.346 e. The van der Waals surface area contributed by atoms with Gasteiger partial charge in [0.1, 0.15) is 6.33 Å². The summed E-state index contributed by atoms with van der Waals surface area (Å²) in [5.41, 5.74) is 0.465. The number of hydrogen-bond acceptors (Lipinski definition) is 5. The van der Waals surface area contributed by atoms with Gasteiger partial charge in [0, 0.05) is 14.1 Å². The average Bonchev–Trinajstić information content (AvgIpc) is 2.51. The lowest BCUT2D eigenvalue weighted by molar-refractivity contribution is 0.857. The Hall–Kier alpha value is -1.43. The summed E-state index contributed by atoms with van der Waals surface area (Å²) >= 11 is 5.85. The van der Waals surface area contributed by atoms with E-state index in [1.54, 1.807) is 4.90 Å². The van der Waals surface area contributed by atoms with Gasteiger partial charge < -0.3 is 4.90 Å². The van der Waals surface area contributed by atoms with E-state index in [2.05, 4.69) is 20.3 Å². The van der Waals surface area contributed by atoms with Crippen LogP contribution < -0.4 is 4.90 Å². The minimum atomic E-state index is 0.302. The highest BCUT2D eigenvalue weighted by Gasteiger charge is 2.08. The van der Waals surface area contributed by atoms with Crippen LogP contribution in [0, 0.1) is 0 Å². The van der Waals surface area contributed by atoms with E-state index >= 15 is 0 Å². The highest BCUT2D eigenvalue weighted by molar-refractivity contribution is 6.32. The summed E-state index contributed by atoms with van der Waals surface area (Å²) < 4.78 is 1.49. The third kappa shape index (κ3) is 1.29. The molecule has 0 N–H and O–H groups in total. The van der Waals surface area contributed by atoms with E-state index in [0.29, 0.717) is 16.7 Å². The van der Waals surface area contributed by atoms with E-state index in [1.165, 1.54) is 10.8 Å². The molecule has 0 amide bonds. The highest BCUT2D eigenvalue weighted by atomic mass is 35.5. The molecule has 2 aromatic heterocycles. The van der Waals surface area contributed by atoms with Crippen molar-refractivity contribution < 1.29 is 0 Å². The van der Waals surface area contributed by atoms with Crippen LogP contribution in [-0.2, 0) is 0 Å². The summed E-state index contributed by atoms with van der Waals surface area (Å²) in [5.74, 6) is 0.525. The lowest BCUT2D eigenvalue weighted by Gasteiger charge is -2.09. The molecule has 0 aromatic carbocycles. The molecular weight excluding hydrogens is 192 g/mol. The van der Waals surface area contributed by atoms with Gasteiger partial charge in [0.05, 0.1) is 0 Å². The van der Waals surface area contributed by atoms with Gasteiger partial charge in [-0.2, -0.15) is 9.50 Å². The van der Waals surface area contributed by atoms with Crippen molar-refractivity contribution in [2.75, 3.05) is 19.0 Å². The lowest BCUT2D eigenvalue weighted by Crippen LogP contribution is -2.14. The number of halogens is 1. The number of rotatable bonds is 1. The molecule has 0 bridgehead atoms. The first-order chi connectivity index (χ1) is 6.18. The van der Waals surface area contributed by atoms with E-state index in [1.807, 2.05) is 14.1 Å². The second-order valence-electron chi connectivity index (χ2n) is 2.70. The van der Waals surface area contributed by atoms with Crippen molar-refractivity contribution in [2.45, 2.75) is 0 Å². The van der Waals surface area contributed by atoms with E-state index < -0.39 is 0 Å². The maximum absolute atomic E-state index is 5.85. The van der Waals surface area contributed by atoms with Gasteiger partial charge in [0.15, 0.2) is 5.15 Å². The number of aromatic nitrogens is 5. The number of fused-ring (bicyclic) bond motifs is 1. The first kappa shape index (κ1) is 8.18. The van der Waals surface area contributed by atoms with Crippen molar-refractivity contribution in [3.8, 4) is 0 Å². The Morgan fingerprint density at radius 3 is 2.92 bits per heavy atom. The molecule has 0 saturated carbocycles. The van der Waals surface area contributed by atoms with Crippen LogP contribution in [0.4, 0.5) is 5.95 Å². The molecular formula is C6H7ClN6. The third-order valence-corrected chi connectivity index (χ3v) is 1.76. The minimum absolute atomic E-state index is 0.302. The SMILES string of the molecule is CN(C)c1nc(Cl)c2nncn2n1. The smallest absolute Gasteiger partial charge is 0.244 e. The van der Waals surface area contributed by atoms with Crippen molar-refractivity contribution in [3.63, 3.8) is 0 Å². The van der Waals surface area contributed by atoms with Gasteiger partial charge in [0.25, 0.3) is 0 Å². The van der Waals surface area contributed by atoms with Crippen LogP contribution in [0.15, 0.2) is 6.33 Å². The molecule has 2 heterocycles. The molecule has 0 aliphatic rings. The predicted octanol–water partition coefficient (Wildman–Crippen LogP) is 0.239. The largest absolute Gasteiger partial charge is 0.346 e. The zero-order chi connectivity index (χ0) is 9.42. The average molecular weight is 199 g/mol. The molecule has 2 rings (SSSR count). The fourth-order valence-electron chi connectivity index (χ4n) is 0.885. The van der Waals surface area contributed by atoms with Crippen LogP contribution in [0.2, 0.25) is 5.15 Å². The molecule has 0 saturated heterocycles. The Balaban J connectivity index is 2.70. The Kier molecular flexibility index (Phi) is 1.77. The van der Waals surface area contributed by atoms with Crippen molar-refractivity contribution in [3.05, 3.63) is 11.5 Å². The van der Waals surface area contributed by atoms with Gasteiger partial charge in [-0.25, -0.2) is 0 Å². The van der Waals surface area contributed by atoms with Crippen LogP contribution in [0.1, 0.15) is 0 Å². The molecule has 0 radical (unpaired) electrons. The van der Waals surface area contributed by atoms with Crippen molar-refractivity contribution in [1.82, 2.24) is 24.8 Å². The summed E-state index contributed by atoms with van der Waals surface area (Å²) in [5, 5.41) is 11.8. The molecule has 0 fully saturated rings. The summed E-state index contributed by atoms with van der Waals surface area (Å²) in [6.07, 6.45) is 1.48. The van der Waals surface area contributed by atoms with Crippen LogP contribution in [0.25, 0.3) is 5.65 Å². The first-order valence-electron chi connectivity index (χ1n) is 3.59. The van der Waals surface area contributed by atoms with Crippen molar-refractivity contribution >= 4 is 23.2 Å². The molecule has 0 atom stereocenters. The Morgan fingerprint density at radius 1 is 1.46 bits per heavy atom. The third-order valence-electron chi connectivity index (χ3n) is 1.51. The van der Waals surface area contributed by atoms with E-state index in [0.717, 1.165) is 0 Å². The Labute approximate surface area is 79.2 Å². The van der Waals surface area contributed by atoms with Crippen LogP contribution in [-0.4, -0.2) is 38.9 Å². The molecule has 6 nitrogen and oxygen atoms in total. The topological polar surface area (TPSA) is 59.2 Å². The van der Waals surface area contributed by atoms with Crippen molar-refractivity contribution in [2.24, 2.45) is 0 Å². The normalized spacial score (nSPS) is 10.7. The molecule has 7 heteroatoms. The predicted molar refractivity (Wildman–Crippen MR) is 47.9 cm³/mol. The molecule has 0 spiro atoms. The number of nitrogens with zero attached hydrogens (tertiary/aromatic N) is 6. The van der Waals surface area contributed by atoms with Gasteiger partial charge in [-0.1, -0.05) is 11.6 Å². The maximum atomic E-state index is 5.85. The maximum Gasteiger partial charge on any atom is 0.244 e. The zero-order valence-electron chi connectivity index (χ0n) is 7.14. The first-order valence-corrected chi connectivity index (χ1v) is 3.97. The van der Waals surface area contributed by atoms with E-state index in [-0.39, 0.29) is 0 Å². The molecule has 0 aliphatic heterocycles. The Morgan fingerprint density at radius 2 is 2.23 bits per heavy atom. The van der Waals surface area contributed by atoms with E-state index in [9.17, 15) is 0 Å². The fraction of sp³-hybridized carbons (Fsp3) is 0.333. The second-order valence-corrected chi connectivity index (χ2v) is 3.05. The molecule has 2 aromatic rings. The Bertz CT molecular complexity index is 436. The lowest BCUT2D eigenvalue weighted by atomic mass is 10.7. The summed E-state index contributed by atoms with van der Waals surface area (Å²) in [6.45, 7) is 0. The zero-order valence-corrected chi connectivity index (χ0v) is 7.89. The van der Waals surface area contributed by atoms with E-state index in [4.69, 9.17) is 11.6 Å².